The van der Waals surface area contributed by atoms with Gasteiger partial charge >= 0.3 is 0 Å². The maximum absolute atomic E-state index is 11.6. The minimum Gasteiger partial charge on any atom is -0.299 e. The van der Waals surface area contributed by atoms with Gasteiger partial charge in [0.15, 0.2) is 0 Å². The fourth-order valence-corrected chi connectivity index (χ4v) is 2.72. The number of hydrogen-bond acceptors (Lipinski definition) is 1. The molecule has 2 unspecified atom stereocenters. The molecule has 1 aliphatic carbocycles. The molecule has 1 nitrogen and oxygen atoms in total. The van der Waals surface area contributed by atoms with Gasteiger partial charge in [-0.1, -0.05) is 55.6 Å². The molecule has 1 saturated carbocycles. The molecule has 1 fully saturated rings. The molecule has 0 saturated heterocycles. The Morgan fingerprint density at radius 3 is 2.14 bits per heavy atom. The van der Waals surface area contributed by atoms with E-state index in [1.54, 1.807) is 0 Å². The molecule has 0 N–H and O–H groups in total. The molecule has 0 heterocycles. The number of hydrogen-bond donors (Lipinski definition) is 0. The molecule has 0 radical (unpaired) electrons. The minimum absolute atomic E-state index is 0.0707. The molecule has 1 aliphatic rings. The van der Waals surface area contributed by atoms with Gasteiger partial charge in [0.1, 0.15) is 10.3 Å². The number of ketones is 1. The summed E-state index contributed by atoms with van der Waals surface area (Å²) in [4.78, 5) is 11.6. The molecule has 4 heteroatoms. The van der Waals surface area contributed by atoms with Gasteiger partial charge in [0, 0.05) is 17.3 Å². The van der Waals surface area contributed by atoms with E-state index in [1.807, 2.05) is 20.8 Å². The fraction of sp³-hybridized carbons (Fsp3) is 0.700. The van der Waals surface area contributed by atoms with Crippen LogP contribution in [-0.4, -0.2) is 5.78 Å². The van der Waals surface area contributed by atoms with Gasteiger partial charge in [-0.2, -0.15) is 0 Å². The first-order chi connectivity index (χ1) is 6.29. The highest BCUT2D eigenvalue weighted by atomic mass is 35.5. The number of allylic oxidation sites excluding steroid dienone is 1. The Labute approximate surface area is 99.4 Å². The lowest BCUT2D eigenvalue weighted by atomic mass is 9.49. The van der Waals surface area contributed by atoms with Crippen molar-refractivity contribution in [3.8, 4) is 0 Å². The smallest absolute Gasteiger partial charge is 0.140 e. The van der Waals surface area contributed by atoms with Crippen molar-refractivity contribution < 1.29 is 4.79 Å². The van der Waals surface area contributed by atoms with Crippen LogP contribution in [-0.2, 0) is 4.79 Å². The highest BCUT2D eigenvalue weighted by Crippen LogP contribution is 2.61. The molecule has 14 heavy (non-hydrogen) atoms. The number of Topliss-reactive ketones (excluding diaryl/α,β-unsaturated/α-hetero) is 1. The van der Waals surface area contributed by atoms with Crippen molar-refractivity contribution in [3.63, 3.8) is 0 Å². The van der Waals surface area contributed by atoms with Crippen molar-refractivity contribution in [2.45, 2.75) is 33.6 Å². The molecular weight excluding hydrogens is 242 g/mol. The third-order valence-corrected chi connectivity index (χ3v) is 4.88. The third-order valence-electron chi connectivity index (χ3n) is 3.70. The normalized spacial score (nSPS) is 36.6. The zero-order valence-corrected chi connectivity index (χ0v) is 10.7. The number of halogens is 3. The summed E-state index contributed by atoms with van der Waals surface area (Å²) in [5, 5.41) is 0.407. The Balaban J connectivity index is 3.11. The van der Waals surface area contributed by atoms with Crippen LogP contribution in [0.4, 0.5) is 0 Å². The van der Waals surface area contributed by atoms with Crippen molar-refractivity contribution in [1.82, 2.24) is 0 Å². The van der Waals surface area contributed by atoms with E-state index < -0.39 is 5.41 Å². The highest BCUT2D eigenvalue weighted by molar-refractivity contribution is 6.59. The highest BCUT2D eigenvalue weighted by Gasteiger charge is 2.60. The molecule has 1 rings (SSSR count). The lowest BCUT2D eigenvalue weighted by Gasteiger charge is -2.54. The van der Waals surface area contributed by atoms with Gasteiger partial charge in [0.2, 0.25) is 0 Å². The lowest BCUT2D eigenvalue weighted by Crippen LogP contribution is -2.55. The average molecular weight is 256 g/mol. The van der Waals surface area contributed by atoms with Crippen molar-refractivity contribution in [3.05, 3.63) is 9.52 Å². The molecule has 2 atom stereocenters. The summed E-state index contributed by atoms with van der Waals surface area (Å²) in [6, 6.07) is 0. The molecular formula is C10H13Cl3O. The summed E-state index contributed by atoms with van der Waals surface area (Å²) < 4.78 is 0.0707. The molecule has 0 aromatic heterocycles. The van der Waals surface area contributed by atoms with Crippen LogP contribution in [0.1, 0.15) is 33.6 Å². The first-order valence-electron chi connectivity index (χ1n) is 4.54. The van der Waals surface area contributed by atoms with Gasteiger partial charge in [-0.15, -0.1) is 0 Å². The van der Waals surface area contributed by atoms with E-state index in [-0.39, 0.29) is 15.7 Å². The summed E-state index contributed by atoms with van der Waals surface area (Å²) >= 11 is 17.4. The molecule has 0 aromatic rings. The molecule has 0 spiro atoms. The van der Waals surface area contributed by atoms with Crippen LogP contribution in [0.15, 0.2) is 9.52 Å². The van der Waals surface area contributed by atoms with Crippen LogP contribution in [0.5, 0.6) is 0 Å². The van der Waals surface area contributed by atoms with Gasteiger partial charge in [0.25, 0.3) is 0 Å². The zero-order valence-electron chi connectivity index (χ0n) is 8.46. The second-order valence-corrected chi connectivity index (χ2v) is 5.52. The SMILES string of the molecule is CCC1(C)C(=O)CC1(C)C(Cl)=C(Cl)Cl. The predicted octanol–water partition coefficient (Wildman–Crippen LogP) is 4.27. The van der Waals surface area contributed by atoms with Crippen LogP contribution >= 0.6 is 34.8 Å². The predicted molar refractivity (Wildman–Crippen MR) is 60.7 cm³/mol. The molecule has 0 aromatic carbocycles. The van der Waals surface area contributed by atoms with Gasteiger partial charge in [-0.05, 0) is 6.42 Å². The monoisotopic (exact) mass is 254 g/mol. The Morgan fingerprint density at radius 2 is 1.86 bits per heavy atom. The van der Waals surface area contributed by atoms with Crippen LogP contribution in [0.3, 0.4) is 0 Å². The maximum atomic E-state index is 11.6. The average Bonchev–Trinajstić information content (AvgIpc) is 2.14. The van der Waals surface area contributed by atoms with Crippen LogP contribution in [0.2, 0.25) is 0 Å². The van der Waals surface area contributed by atoms with Crippen LogP contribution in [0.25, 0.3) is 0 Å². The fourth-order valence-electron chi connectivity index (χ4n) is 2.03. The summed E-state index contributed by atoms with van der Waals surface area (Å²) in [6.07, 6.45) is 1.18. The summed E-state index contributed by atoms with van der Waals surface area (Å²) in [6.45, 7) is 5.82. The van der Waals surface area contributed by atoms with E-state index in [2.05, 4.69) is 0 Å². The maximum Gasteiger partial charge on any atom is 0.140 e. The van der Waals surface area contributed by atoms with E-state index in [0.29, 0.717) is 11.5 Å². The van der Waals surface area contributed by atoms with E-state index >= 15 is 0 Å². The first-order valence-corrected chi connectivity index (χ1v) is 5.67. The van der Waals surface area contributed by atoms with E-state index in [0.717, 1.165) is 6.42 Å². The number of carbonyl (C=O) groups is 1. The first kappa shape index (κ1) is 12.4. The molecule has 0 amide bonds. The van der Waals surface area contributed by atoms with Crippen molar-refractivity contribution in [2.24, 2.45) is 10.8 Å². The van der Waals surface area contributed by atoms with E-state index in [9.17, 15) is 4.79 Å². The molecule has 0 aliphatic heterocycles. The quantitative estimate of drug-likeness (QED) is 0.720. The third kappa shape index (κ3) is 1.41. The van der Waals surface area contributed by atoms with E-state index in [1.165, 1.54) is 0 Å². The Hall–Kier alpha value is 0.280. The minimum atomic E-state index is -0.418. The summed E-state index contributed by atoms with van der Waals surface area (Å²) in [7, 11) is 0. The van der Waals surface area contributed by atoms with Crippen LogP contribution in [0, 0.1) is 10.8 Å². The Bertz CT molecular complexity index is 306. The number of rotatable bonds is 2. The Kier molecular flexibility index (Phi) is 3.26. The standard InChI is InChI=1S/C10H13Cl3O/c1-4-9(2)6(14)5-10(9,3)7(11)8(12)13/h4-5H2,1-3H3. The lowest BCUT2D eigenvalue weighted by molar-refractivity contribution is -0.151. The second kappa shape index (κ2) is 3.70. The van der Waals surface area contributed by atoms with Gasteiger partial charge in [-0.3, -0.25) is 4.79 Å². The van der Waals surface area contributed by atoms with Gasteiger partial charge < -0.3 is 0 Å². The van der Waals surface area contributed by atoms with Crippen LogP contribution < -0.4 is 0 Å². The van der Waals surface area contributed by atoms with Gasteiger partial charge in [0.05, 0.1) is 5.03 Å². The largest absolute Gasteiger partial charge is 0.299 e. The summed E-state index contributed by atoms with van der Waals surface area (Å²) in [5.74, 6) is 0.232. The van der Waals surface area contributed by atoms with E-state index in [4.69, 9.17) is 34.8 Å². The summed E-state index contributed by atoms with van der Waals surface area (Å²) in [5.41, 5.74) is -0.807. The molecule has 80 valence electrons. The Morgan fingerprint density at radius 1 is 1.36 bits per heavy atom. The topological polar surface area (TPSA) is 17.1 Å². The molecule has 0 bridgehead atoms. The second-order valence-electron chi connectivity index (χ2n) is 4.19. The van der Waals surface area contributed by atoms with Crippen molar-refractivity contribution >= 4 is 40.6 Å². The zero-order chi connectivity index (χ0) is 11.1. The van der Waals surface area contributed by atoms with Gasteiger partial charge in [-0.25, -0.2) is 0 Å². The van der Waals surface area contributed by atoms with Crippen molar-refractivity contribution in [2.75, 3.05) is 0 Å². The number of carbonyl (C=O) groups excluding carboxylic acids is 1. The van der Waals surface area contributed by atoms with Crippen molar-refractivity contribution in [1.29, 1.82) is 0 Å².